The molecule has 0 spiro atoms. The molecule has 1 heterocycles. The van der Waals surface area contributed by atoms with E-state index in [2.05, 4.69) is 5.32 Å². The summed E-state index contributed by atoms with van der Waals surface area (Å²) >= 11 is 0. The van der Waals surface area contributed by atoms with Gasteiger partial charge in [0.2, 0.25) is 11.8 Å². The van der Waals surface area contributed by atoms with Crippen LogP contribution in [0.15, 0.2) is 48.5 Å². The quantitative estimate of drug-likeness (QED) is 0.826. The maximum atomic E-state index is 12.6. The standard InChI is InChI=1S/C21H22N2O4/c1-14-7-9-15(10-8-14)12-23-13-16(11-19(23)24)20(25)22-18-6-4-3-5-17(18)21(26)27-2/h3-10,16H,11-13H2,1-2H3,(H,22,25). The zero-order chi connectivity index (χ0) is 19.4. The maximum absolute atomic E-state index is 12.6. The minimum Gasteiger partial charge on any atom is -0.465 e. The van der Waals surface area contributed by atoms with Crippen LogP contribution in [-0.2, 0) is 20.9 Å². The molecule has 2 aromatic carbocycles. The molecule has 6 nitrogen and oxygen atoms in total. The van der Waals surface area contributed by atoms with Gasteiger partial charge in [-0.1, -0.05) is 42.0 Å². The van der Waals surface area contributed by atoms with E-state index in [1.165, 1.54) is 7.11 Å². The summed E-state index contributed by atoms with van der Waals surface area (Å²) in [5.41, 5.74) is 2.87. The van der Waals surface area contributed by atoms with Gasteiger partial charge in [-0.25, -0.2) is 4.79 Å². The van der Waals surface area contributed by atoms with Gasteiger partial charge >= 0.3 is 5.97 Å². The van der Waals surface area contributed by atoms with Crippen molar-refractivity contribution < 1.29 is 19.1 Å². The van der Waals surface area contributed by atoms with Crippen LogP contribution >= 0.6 is 0 Å². The molecule has 0 aromatic heterocycles. The Morgan fingerprint density at radius 3 is 2.56 bits per heavy atom. The zero-order valence-electron chi connectivity index (χ0n) is 15.4. The van der Waals surface area contributed by atoms with Gasteiger partial charge in [0.05, 0.1) is 24.3 Å². The number of nitrogens with zero attached hydrogens (tertiary/aromatic N) is 1. The number of likely N-dealkylation sites (tertiary alicyclic amines) is 1. The van der Waals surface area contributed by atoms with Gasteiger partial charge in [-0.15, -0.1) is 0 Å². The molecule has 0 bridgehead atoms. The van der Waals surface area contributed by atoms with Crippen molar-refractivity contribution in [3.05, 3.63) is 65.2 Å². The van der Waals surface area contributed by atoms with Gasteiger partial charge in [0.1, 0.15) is 0 Å². The molecule has 1 fully saturated rings. The SMILES string of the molecule is COC(=O)c1ccccc1NC(=O)C1CC(=O)N(Cc2ccc(C)cc2)C1. The van der Waals surface area contributed by atoms with Crippen molar-refractivity contribution in [2.45, 2.75) is 19.9 Å². The molecule has 1 aliphatic heterocycles. The number of hydrogen-bond acceptors (Lipinski definition) is 4. The number of amides is 2. The molecule has 2 amide bonds. The molecular weight excluding hydrogens is 344 g/mol. The number of aryl methyl sites for hydroxylation is 1. The molecule has 0 radical (unpaired) electrons. The van der Waals surface area contributed by atoms with Gasteiger partial charge in [0.25, 0.3) is 0 Å². The van der Waals surface area contributed by atoms with Gasteiger partial charge in [-0.3, -0.25) is 9.59 Å². The second kappa shape index (κ2) is 8.03. The van der Waals surface area contributed by atoms with Gasteiger partial charge in [0.15, 0.2) is 0 Å². The van der Waals surface area contributed by atoms with Crippen molar-refractivity contribution in [2.75, 3.05) is 19.0 Å². The lowest BCUT2D eigenvalue weighted by molar-refractivity contribution is -0.128. The van der Waals surface area contributed by atoms with E-state index in [0.717, 1.165) is 11.1 Å². The molecule has 1 N–H and O–H groups in total. The number of methoxy groups -OCH3 is 1. The first-order valence-electron chi connectivity index (χ1n) is 8.79. The molecular formula is C21H22N2O4. The predicted octanol–water partition coefficient (Wildman–Crippen LogP) is 2.77. The topological polar surface area (TPSA) is 75.7 Å². The lowest BCUT2D eigenvalue weighted by atomic mass is 10.1. The highest BCUT2D eigenvalue weighted by Gasteiger charge is 2.34. The van der Waals surface area contributed by atoms with Gasteiger partial charge in [-0.05, 0) is 24.6 Å². The summed E-state index contributed by atoms with van der Waals surface area (Å²) in [5.74, 6) is -1.29. The number of rotatable bonds is 5. The summed E-state index contributed by atoms with van der Waals surface area (Å²) in [4.78, 5) is 38.5. The van der Waals surface area contributed by atoms with Crippen LogP contribution in [0.5, 0.6) is 0 Å². The highest BCUT2D eigenvalue weighted by molar-refractivity contribution is 6.03. The van der Waals surface area contributed by atoms with Crippen LogP contribution < -0.4 is 5.32 Å². The second-order valence-electron chi connectivity index (χ2n) is 6.69. The monoisotopic (exact) mass is 366 g/mol. The number of para-hydroxylation sites is 1. The molecule has 0 saturated carbocycles. The van der Waals surface area contributed by atoms with Crippen molar-refractivity contribution in [3.8, 4) is 0 Å². The first-order chi connectivity index (χ1) is 13.0. The lowest BCUT2D eigenvalue weighted by Crippen LogP contribution is -2.28. The summed E-state index contributed by atoms with van der Waals surface area (Å²) < 4.78 is 4.74. The van der Waals surface area contributed by atoms with E-state index in [9.17, 15) is 14.4 Å². The lowest BCUT2D eigenvalue weighted by Gasteiger charge is -2.17. The predicted molar refractivity (Wildman–Crippen MR) is 101 cm³/mol. The zero-order valence-corrected chi connectivity index (χ0v) is 15.4. The third kappa shape index (κ3) is 4.34. The van der Waals surface area contributed by atoms with Gasteiger partial charge in [-0.2, -0.15) is 0 Å². The summed E-state index contributed by atoms with van der Waals surface area (Å²) in [7, 11) is 1.29. The Bertz CT molecular complexity index is 861. The molecule has 3 rings (SSSR count). The van der Waals surface area contributed by atoms with E-state index < -0.39 is 11.9 Å². The minimum absolute atomic E-state index is 0.0445. The molecule has 1 atom stereocenters. The van der Waals surface area contributed by atoms with Crippen LogP contribution in [-0.4, -0.2) is 36.3 Å². The van der Waals surface area contributed by atoms with Crippen molar-refractivity contribution in [3.63, 3.8) is 0 Å². The van der Waals surface area contributed by atoms with Crippen LogP contribution in [0.1, 0.15) is 27.9 Å². The van der Waals surface area contributed by atoms with E-state index >= 15 is 0 Å². The number of nitrogens with one attached hydrogen (secondary N) is 1. The molecule has 1 unspecified atom stereocenters. The largest absolute Gasteiger partial charge is 0.465 e. The van der Waals surface area contributed by atoms with E-state index in [-0.39, 0.29) is 23.8 Å². The number of anilines is 1. The first kappa shape index (κ1) is 18.6. The molecule has 1 saturated heterocycles. The summed E-state index contributed by atoms with van der Waals surface area (Å²) in [5, 5.41) is 2.76. The van der Waals surface area contributed by atoms with Crippen molar-refractivity contribution in [1.29, 1.82) is 0 Å². The molecule has 140 valence electrons. The van der Waals surface area contributed by atoms with Crippen LogP contribution in [0, 0.1) is 12.8 Å². The fourth-order valence-electron chi connectivity index (χ4n) is 3.13. The van der Waals surface area contributed by atoms with Crippen LogP contribution in [0.25, 0.3) is 0 Å². The highest BCUT2D eigenvalue weighted by atomic mass is 16.5. The van der Waals surface area contributed by atoms with E-state index in [1.807, 2.05) is 31.2 Å². The molecule has 1 aliphatic rings. The van der Waals surface area contributed by atoms with Crippen LogP contribution in [0.3, 0.4) is 0 Å². The van der Waals surface area contributed by atoms with Crippen molar-refractivity contribution >= 4 is 23.5 Å². The van der Waals surface area contributed by atoms with Crippen molar-refractivity contribution in [2.24, 2.45) is 5.92 Å². The number of carbonyl (C=O) groups excluding carboxylic acids is 3. The summed E-state index contributed by atoms with van der Waals surface area (Å²) in [6.07, 6.45) is 0.165. The normalized spacial score (nSPS) is 16.3. The Hall–Kier alpha value is -3.15. The third-order valence-corrected chi connectivity index (χ3v) is 4.67. The Morgan fingerprint density at radius 1 is 1.15 bits per heavy atom. The van der Waals surface area contributed by atoms with E-state index in [1.54, 1.807) is 29.2 Å². The summed E-state index contributed by atoms with van der Waals surface area (Å²) in [6, 6.07) is 14.6. The van der Waals surface area contributed by atoms with E-state index in [4.69, 9.17) is 4.74 Å². The van der Waals surface area contributed by atoms with Crippen molar-refractivity contribution in [1.82, 2.24) is 4.90 Å². The average molecular weight is 366 g/mol. The smallest absolute Gasteiger partial charge is 0.339 e. The number of esters is 1. The van der Waals surface area contributed by atoms with Gasteiger partial charge < -0.3 is 15.0 Å². The summed E-state index contributed by atoms with van der Waals surface area (Å²) in [6.45, 7) is 2.86. The maximum Gasteiger partial charge on any atom is 0.339 e. The Labute approximate surface area is 158 Å². The van der Waals surface area contributed by atoms with E-state index in [0.29, 0.717) is 18.8 Å². The molecule has 0 aliphatic carbocycles. The number of ether oxygens (including phenoxy) is 1. The Kier molecular flexibility index (Phi) is 5.54. The average Bonchev–Trinajstić information content (AvgIpc) is 3.04. The number of carbonyl (C=O) groups is 3. The highest BCUT2D eigenvalue weighted by Crippen LogP contribution is 2.23. The molecule has 6 heteroatoms. The molecule has 27 heavy (non-hydrogen) atoms. The Balaban J connectivity index is 1.66. The first-order valence-corrected chi connectivity index (χ1v) is 8.79. The number of hydrogen-bond donors (Lipinski definition) is 1. The second-order valence-corrected chi connectivity index (χ2v) is 6.69. The molecule has 2 aromatic rings. The third-order valence-electron chi connectivity index (χ3n) is 4.67. The van der Waals surface area contributed by atoms with Gasteiger partial charge in [0, 0.05) is 19.5 Å². The Morgan fingerprint density at radius 2 is 1.85 bits per heavy atom. The number of benzene rings is 2. The van der Waals surface area contributed by atoms with Crippen LogP contribution in [0.2, 0.25) is 0 Å². The fraction of sp³-hybridized carbons (Fsp3) is 0.286. The van der Waals surface area contributed by atoms with Crippen LogP contribution in [0.4, 0.5) is 5.69 Å². The minimum atomic E-state index is -0.519. The fourth-order valence-corrected chi connectivity index (χ4v) is 3.13.